The first-order valence-corrected chi connectivity index (χ1v) is 7.95. The Hall–Kier alpha value is -1.04. The van der Waals surface area contributed by atoms with Gasteiger partial charge in [0.1, 0.15) is 0 Å². The zero-order valence-corrected chi connectivity index (χ0v) is 12.2. The summed E-state index contributed by atoms with van der Waals surface area (Å²) in [4.78, 5) is 0. The van der Waals surface area contributed by atoms with Gasteiger partial charge < -0.3 is 11.1 Å². The summed E-state index contributed by atoms with van der Waals surface area (Å²) in [6, 6.07) is 4.04. The molecule has 112 valence electrons. The maximum absolute atomic E-state index is 13.0. The van der Waals surface area contributed by atoms with Crippen molar-refractivity contribution in [1.82, 2.24) is 0 Å². The molecule has 0 radical (unpaired) electrons. The number of hydrogen-bond donors (Lipinski definition) is 2. The summed E-state index contributed by atoms with van der Waals surface area (Å²) in [5.74, 6) is 0. The second kappa shape index (κ2) is 6.16. The minimum Gasteiger partial charge on any atom is -0.399 e. The molecule has 2 unspecified atom stereocenters. The highest BCUT2D eigenvalue weighted by molar-refractivity contribution is 7.99. The third-order valence-corrected chi connectivity index (χ3v) is 4.76. The molecule has 2 atom stereocenters. The molecule has 1 aromatic rings. The molecular formula is C14H19F3N2S. The Morgan fingerprint density at radius 1 is 1.30 bits per heavy atom. The predicted molar refractivity (Wildman–Crippen MR) is 79.0 cm³/mol. The fraction of sp³-hybridized carbons (Fsp3) is 0.571. The van der Waals surface area contributed by atoms with Gasteiger partial charge in [0, 0.05) is 22.7 Å². The summed E-state index contributed by atoms with van der Waals surface area (Å²) in [6.45, 7) is 0. The van der Waals surface area contributed by atoms with Crippen molar-refractivity contribution in [3.63, 3.8) is 0 Å². The van der Waals surface area contributed by atoms with Gasteiger partial charge in [0.15, 0.2) is 0 Å². The molecule has 0 aromatic heterocycles. The second-order valence-electron chi connectivity index (χ2n) is 5.17. The van der Waals surface area contributed by atoms with Crippen molar-refractivity contribution in [1.29, 1.82) is 0 Å². The van der Waals surface area contributed by atoms with Crippen LogP contribution in [0.4, 0.5) is 24.5 Å². The molecule has 20 heavy (non-hydrogen) atoms. The van der Waals surface area contributed by atoms with Gasteiger partial charge in [-0.2, -0.15) is 24.9 Å². The van der Waals surface area contributed by atoms with Crippen molar-refractivity contribution in [3.8, 4) is 0 Å². The van der Waals surface area contributed by atoms with Gasteiger partial charge in [-0.3, -0.25) is 0 Å². The number of benzene rings is 1. The predicted octanol–water partition coefficient (Wildman–Crippen LogP) is 4.37. The highest BCUT2D eigenvalue weighted by atomic mass is 32.2. The zero-order chi connectivity index (χ0) is 14.8. The number of hydrogen-bond acceptors (Lipinski definition) is 3. The first kappa shape index (κ1) is 15.4. The van der Waals surface area contributed by atoms with Crippen LogP contribution in [0, 0.1) is 0 Å². The smallest absolute Gasteiger partial charge is 0.399 e. The molecule has 2 rings (SSSR count). The van der Waals surface area contributed by atoms with Crippen LogP contribution in [0.25, 0.3) is 0 Å². The number of nitrogens with two attached hydrogens (primary N) is 1. The molecule has 0 spiro atoms. The molecule has 6 heteroatoms. The topological polar surface area (TPSA) is 38.0 Å². The molecule has 0 bridgehead atoms. The Labute approximate surface area is 121 Å². The Morgan fingerprint density at radius 2 is 2.05 bits per heavy atom. The fourth-order valence-electron chi connectivity index (χ4n) is 2.63. The van der Waals surface area contributed by atoms with Gasteiger partial charge in [-0.1, -0.05) is 6.42 Å². The molecule has 0 aliphatic heterocycles. The Kier molecular flexibility index (Phi) is 4.73. The minimum absolute atomic E-state index is 0.103. The average molecular weight is 304 g/mol. The number of anilines is 2. The number of halogens is 3. The van der Waals surface area contributed by atoms with Gasteiger partial charge in [0.05, 0.1) is 5.56 Å². The van der Waals surface area contributed by atoms with E-state index in [0.717, 1.165) is 31.7 Å². The zero-order valence-electron chi connectivity index (χ0n) is 11.3. The molecule has 0 amide bonds. The number of thioether (sulfide) groups is 1. The van der Waals surface area contributed by atoms with E-state index in [4.69, 9.17) is 5.73 Å². The van der Waals surface area contributed by atoms with E-state index in [2.05, 4.69) is 11.6 Å². The van der Waals surface area contributed by atoms with Crippen LogP contribution in [0.3, 0.4) is 0 Å². The van der Waals surface area contributed by atoms with E-state index >= 15 is 0 Å². The molecular weight excluding hydrogens is 285 g/mol. The van der Waals surface area contributed by atoms with E-state index in [1.54, 1.807) is 11.8 Å². The summed E-state index contributed by atoms with van der Waals surface area (Å²) in [7, 11) is 0. The lowest BCUT2D eigenvalue weighted by molar-refractivity contribution is -0.136. The van der Waals surface area contributed by atoms with E-state index in [0.29, 0.717) is 5.25 Å². The van der Waals surface area contributed by atoms with Crippen LogP contribution in [-0.2, 0) is 6.18 Å². The molecule has 1 fully saturated rings. The van der Waals surface area contributed by atoms with E-state index in [9.17, 15) is 13.2 Å². The van der Waals surface area contributed by atoms with E-state index < -0.39 is 11.7 Å². The largest absolute Gasteiger partial charge is 0.418 e. The van der Waals surface area contributed by atoms with Crippen molar-refractivity contribution in [2.75, 3.05) is 17.3 Å². The molecule has 1 aromatic carbocycles. The van der Waals surface area contributed by atoms with Crippen LogP contribution >= 0.6 is 11.8 Å². The Balaban J connectivity index is 2.16. The first-order chi connectivity index (χ1) is 9.40. The van der Waals surface area contributed by atoms with Crippen LogP contribution < -0.4 is 11.1 Å². The lowest BCUT2D eigenvalue weighted by atomic mass is 9.94. The normalized spacial score (nSPS) is 23.6. The number of rotatable bonds is 3. The Morgan fingerprint density at radius 3 is 2.70 bits per heavy atom. The minimum atomic E-state index is -4.38. The van der Waals surface area contributed by atoms with Crippen molar-refractivity contribution in [2.45, 2.75) is 43.2 Å². The third kappa shape index (κ3) is 3.75. The van der Waals surface area contributed by atoms with Crippen LogP contribution in [-0.4, -0.2) is 17.5 Å². The van der Waals surface area contributed by atoms with Crippen LogP contribution in [0.15, 0.2) is 18.2 Å². The van der Waals surface area contributed by atoms with Crippen molar-refractivity contribution in [3.05, 3.63) is 23.8 Å². The molecule has 1 aliphatic carbocycles. The fourth-order valence-corrected chi connectivity index (χ4v) is 3.46. The van der Waals surface area contributed by atoms with E-state index in [1.807, 2.05) is 0 Å². The van der Waals surface area contributed by atoms with Crippen molar-refractivity contribution >= 4 is 23.1 Å². The summed E-state index contributed by atoms with van der Waals surface area (Å²) in [6.07, 6.45) is 1.69. The molecule has 1 aliphatic rings. The van der Waals surface area contributed by atoms with Gasteiger partial charge in [-0.25, -0.2) is 0 Å². The van der Waals surface area contributed by atoms with Crippen molar-refractivity contribution in [2.24, 2.45) is 0 Å². The maximum Gasteiger partial charge on any atom is 0.418 e. The first-order valence-electron chi connectivity index (χ1n) is 6.66. The van der Waals surface area contributed by atoms with Gasteiger partial charge in [0.2, 0.25) is 0 Å². The van der Waals surface area contributed by atoms with Gasteiger partial charge in [-0.15, -0.1) is 0 Å². The molecule has 0 heterocycles. The second-order valence-corrected chi connectivity index (χ2v) is 6.31. The average Bonchev–Trinajstić information content (AvgIpc) is 2.40. The number of alkyl halides is 3. The highest BCUT2D eigenvalue weighted by Crippen LogP contribution is 2.37. The molecule has 1 saturated carbocycles. The number of nitrogens with one attached hydrogen (secondary N) is 1. The van der Waals surface area contributed by atoms with Crippen molar-refractivity contribution < 1.29 is 13.2 Å². The lowest BCUT2D eigenvalue weighted by Gasteiger charge is -2.30. The molecule has 0 saturated heterocycles. The SMILES string of the molecule is CSC1CCCC(Nc2ccc(N)cc2C(F)(F)F)C1. The van der Waals surface area contributed by atoms with Crippen LogP contribution in [0.5, 0.6) is 0 Å². The van der Waals surface area contributed by atoms with Gasteiger partial charge in [-0.05, 0) is 43.7 Å². The van der Waals surface area contributed by atoms with E-state index in [1.165, 1.54) is 12.1 Å². The highest BCUT2D eigenvalue weighted by Gasteiger charge is 2.34. The monoisotopic (exact) mass is 304 g/mol. The standard InChI is InChI=1S/C14H19F3N2S/c1-20-11-4-2-3-10(8-11)19-13-6-5-9(18)7-12(13)14(15,16)17/h5-7,10-11,19H,2-4,8,18H2,1H3. The summed E-state index contributed by atoms with van der Waals surface area (Å²) >= 11 is 1.79. The molecule has 3 N–H and O–H groups in total. The van der Waals surface area contributed by atoms with Gasteiger partial charge >= 0.3 is 6.18 Å². The summed E-state index contributed by atoms with van der Waals surface area (Å²) in [5, 5.41) is 3.59. The lowest BCUT2D eigenvalue weighted by Crippen LogP contribution is -2.29. The van der Waals surface area contributed by atoms with Crippen LogP contribution in [0.1, 0.15) is 31.2 Å². The Bertz CT molecular complexity index is 462. The summed E-state index contributed by atoms with van der Waals surface area (Å²) in [5.41, 5.74) is 5.06. The molecule has 2 nitrogen and oxygen atoms in total. The van der Waals surface area contributed by atoms with E-state index in [-0.39, 0.29) is 17.4 Å². The van der Waals surface area contributed by atoms with Crippen LogP contribution in [0.2, 0.25) is 0 Å². The summed E-state index contributed by atoms with van der Waals surface area (Å²) < 4.78 is 39.1. The quantitative estimate of drug-likeness (QED) is 0.814. The third-order valence-electron chi connectivity index (χ3n) is 3.67. The maximum atomic E-state index is 13.0. The number of nitrogen functional groups attached to an aromatic ring is 1. The van der Waals surface area contributed by atoms with Gasteiger partial charge in [0.25, 0.3) is 0 Å².